The van der Waals surface area contributed by atoms with Gasteiger partial charge >= 0.3 is 16.2 Å². The minimum absolute atomic E-state index is 0.0387. The molecular weight excluding hydrogens is 426 g/mol. The SMILES string of the molecule is CC(=O)NC(Cc1ccc(N2C=C(O)NS2(=O)=O)c(OCc2ccccc2)c1)C(=O)O. The first-order chi connectivity index (χ1) is 14.7. The monoisotopic (exact) mass is 447 g/mol. The fourth-order valence-corrected chi connectivity index (χ4v) is 4.05. The van der Waals surface area contributed by atoms with E-state index in [1.165, 1.54) is 25.1 Å². The van der Waals surface area contributed by atoms with Gasteiger partial charge < -0.3 is 20.3 Å². The van der Waals surface area contributed by atoms with Crippen LogP contribution in [0.4, 0.5) is 5.69 Å². The largest absolute Gasteiger partial charge is 0.493 e. The lowest BCUT2D eigenvalue weighted by Crippen LogP contribution is -2.41. The number of carbonyl (C=O) groups is 2. The minimum Gasteiger partial charge on any atom is -0.493 e. The Balaban J connectivity index is 1.95. The van der Waals surface area contributed by atoms with E-state index in [1.807, 2.05) is 35.1 Å². The number of carbonyl (C=O) groups excluding carboxylic acids is 1. The molecule has 0 fully saturated rings. The van der Waals surface area contributed by atoms with Gasteiger partial charge in [-0.2, -0.15) is 8.42 Å². The molecule has 164 valence electrons. The summed E-state index contributed by atoms with van der Waals surface area (Å²) in [5.41, 5.74) is 1.47. The number of carboxylic acids is 1. The van der Waals surface area contributed by atoms with E-state index >= 15 is 0 Å². The molecule has 0 saturated heterocycles. The van der Waals surface area contributed by atoms with Gasteiger partial charge in [-0.05, 0) is 23.3 Å². The number of amides is 1. The normalized spacial score (nSPS) is 15.5. The molecule has 1 aliphatic rings. The van der Waals surface area contributed by atoms with Crippen molar-refractivity contribution in [1.29, 1.82) is 0 Å². The second-order valence-corrected chi connectivity index (χ2v) is 8.34. The molecule has 1 heterocycles. The Labute approximate surface area is 178 Å². The summed E-state index contributed by atoms with van der Waals surface area (Å²) in [5.74, 6) is -2.08. The van der Waals surface area contributed by atoms with Gasteiger partial charge in [0.15, 0.2) is 0 Å². The Morgan fingerprint density at radius 1 is 1.16 bits per heavy atom. The summed E-state index contributed by atoms with van der Waals surface area (Å²) in [6.45, 7) is 1.35. The third kappa shape index (κ3) is 5.45. The summed E-state index contributed by atoms with van der Waals surface area (Å²) in [4.78, 5) is 22.8. The second kappa shape index (κ2) is 8.96. The van der Waals surface area contributed by atoms with E-state index < -0.39 is 34.0 Å². The molecule has 10 nitrogen and oxygen atoms in total. The van der Waals surface area contributed by atoms with Crippen LogP contribution in [-0.4, -0.2) is 36.5 Å². The standard InChI is InChI=1S/C20H21N3O7S/c1-13(24)21-16(20(26)27)9-15-7-8-17(23-11-19(25)22-31(23,28)29)18(10-15)30-12-14-5-3-2-4-6-14/h2-8,10-11,16,22,25H,9,12H2,1H3,(H,21,24)(H,26,27). The lowest BCUT2D eigenvalue weighted by Gasteiger charge is -2.20. The molecule has 11 heteroatoms. The maximum absolute atomic E-state index is 12.3. The van der Waals surface area contributed by atoms with E-state index in [0.29, 0.717) is 5.56 Å². The molecular formula is C20H21N3O7S. The second-order valence-electron chi connectivity index (χ2n) is 6.79. The summed E-state index contributed by atoms with van der Waals surface area (Å²) in [6.07, 6.45) is 0.958. The first-order valence-electron chi connectivity index (χ1n) is 9.18. The quantitative estimate of drug-likeness (QED) is 0.479. The number of nitrogens with zero attached hydrogens (tertiary/aromatic N) is 1. The first-order valence-corrected chi connectivity index (χ1v) is 10.6. The van der Waals surface area contributed by atoms with Crippen molar-refractivity contribution in [1.82, 2.24) is 10.0 Å². The van der Waals surface area contributed by atoms with Gasteiger partial charge in [0.05, 0.1) is 6.20 Å². The number of benzene rings is 2. The van der Waals surface area contributed by atoms with Gasteiger partial charge in [-0.25, -0.2) is 13.8 Å². The highest BCUT2D eigenvalue weighted by molar-refractivity contribution is 7.91. The van der Waals surface area contributed by atoms with E-state index in [-0.39, 0.29) is 24.5 Å². The minimum atomic E-state index is -4.05. The van der Waals surface area contributed by atoms with Crippen LogP contribution >= 0.6 is 0 Å². The Kier molecular flexibility index (Phi) is 6.35. The molecule has 0 aromatic heterocycles. The summed E-state index contributed by atoms with van der Waals surface area (Å²) in [5, 5.41) is 21.3. The average Bonchev–Trinajstić information content (AvgIpc) is 2.98. The zero-order chi connectivity index (χ0) is 22.6. The van der Waals surface area contributed by atoms with E-state index in [1.54, 1.807) is 0 Å². The molecule has 0 saturated carbocycles. The molecule has 0 bridgehead atoms. The molecule has 1 atom stereocenters. The fourth-order valence-electron chi connectivity index (χ4n) is 2.99. The van der Waals surface area contributed by atoms with Crippen molar-refractivity contribution in [3.63, 3.8) is 0 Å². The van der Waals surface area contributed by atoms with Crippen LogP contribution in [0.1, 0.15) is 18.1 Å². The number of aliphatic carboxylic acids is 1. The number of aliphatic hydroxyl groups is 1. The molecule has 1 aliphatic heterocycles. The lowest BCUT2D eigenvalue weighted by molar-refractivity contribution is -0.141. The van der Waals surface area contributed by atoms with Crippen LogP contribution in [0.25, 0.3) is 0 Å². The van der Waals surface area contributed by atoms with Crippen LogP contribution < -0.4 is 19.1 Å². The van der Waals surface area contributed by atoms with E-state index in [4.69, 9.17) is 4.74 Å². The molecule has 0 spiro atoms. The lowest BCUT2D eigenvalue weighted by atomic mass is 10.0. The van der Waals surface area contributed by atoms with E-state index in [9.17, 15) is 28.2 Å². The predicted octanol–water partition coefficient (Wildman–Crippen LogP) is 1.41. The summed E-state index contributed by atoms with van der Waals surface area (Å²) in [6, 6.07) is 12.5. The molecule has 1 unspecified atom stereocenters. The number of hydrogen-bond donors (Lipinski definition) is 4. The van der Waals surface area contributed by atoms with Gasteiger partial charge in [-0.15, -0.1) is 0 Å². The van der Waals surface area contributed by atoms with Gasteiger partial charge in [0.25, 0.3) is 0 Å². The Morgan fingerprint density at radius 2 is 1.87 bits per heavy atom. The maximum atomic E-state index is 12.3. The van der Waals surface area contributed by atoms with Crippen LogP contribution in [-0.2, 0) is 32.8 Å². The Morgan fingerprint density at radius 3 is 2.45 bits per heavy atom. The number of ether oxygens (including phenoxy) is 1. The zero-order valence-electron chi connectivity index (χ0n) is 16.5. The Hall–Kier alpha value is -3.73. The van der Waals surface area contributed by atoms with Crippen LogP contribution in [0, 0.1) is 0 Å². The highest BCUT2D eigenvalue weighted by atomic mass is 32.2. The van der Waals surface area contributed by atoms with Crippen LogP contribution in [0.2, 0.25) is 0 Å². The van der Waals surface area contributed by atoms with E-state index in [2.05, 4.69) is 5.32 Å². The number of nitrogens with one attached hydrogen (secondary N) is 2. The number of aliphatic hydroxyl groups excluding tert-OH is 1. The molecule has 0 aliphatic carbocycles. The molecule has 0 radical (unpaired) electrons. The number of carboxylic acid groups (broad SMARTS) is 1. The van der Waals surface area contributed by atoms with Crippen molar-refractivity contribution in [2.24, 2.45) is 0 Å². The smallest absolute Gasteiger partial charge is 0.330 e. The third-order valence-electron chi connectivity index (χ3n) is 4.35. The van der Waals surface area contributed by atoms with Crippen molar-refractivity contribution in [2.75, 3.05) is 4.31 Å². The van der Waals surface area contributed by atoms with Gasteiger partial charge in [-0.3, -0.25) is 4.79 Å². The molecule has 4 N–H and O–H groups in total. The molecule has 2 aromatic rings. The molecule has 31 heavy (non-hydrogen) atoms. The summed E-state index contributed by atoms with van der Waals surface area (Å²) >= 11 is 0. The number of hydrogen-bond acceptors (Lipinski definition) is 6. The van der Waals surface area contributed by atoms with Crippen molar-refractivity contribution < 1.29 is 33.0 Å². The number of anilines is 1. The van der Waals surface area contributed by atoms with Crippen molar-refractivity contribution in [3.05, 3.63) is 71.7 Å². The van der Waals surface area contributed by atoms with Gasteiger partial charge in [0.1, 0.15) is 24.1 Å². The molecule has 3 rings (SSSR count). The average molecular weight is 447 g/mol. The van der Waals surface area contributed by atoms with Gasteiger partial charge in [0, 0.05) is 13.3 Å². The summed E-state index contributed by atoms with van der Waals surface area (Å²) < 4.78 is 33.2. The van der Waals surface area contributed by atoms with E-state index in [0.717, 1.165) is 16.1 Å². The summed E-state index contributed by atoms with van der Waals surface area (Å²) in [7, 11) is -4.05. The topological polar surface area (TPSA) is 145 Å². The molecule has 2 aromatic carbocycles. The number of rotatable bonds is 8. The fraction of sp³-hybridized carbons (Fsp3) is 0.200. The van der Waals surface area contributed by atoms with Crippen molar-refractivity contribution in [2.45, 2.75) is 26.0 Å². The van der Waals surface area contributed by atoms with Gasteiger partial charge in [0.2, 0.25) is 11.8 Å². The maximum Gasteiger partial charge on any atom is 0.330 e. The predicted molar refractivity (Wildman–Crippen MR) is 111 cm³/mol. The van der Waals surface area contributed by atoms with Crippen LogP contribution in [0.3, 0.4) is 0 Å². The van der Waals surface area contributed by atoms with Crippen molar-refractivity contribution >= 4 is 27.8 Å². The van der Waals surface area contributed by atoms with Crippen LogP contribution in [0.5, 0.6) is 5.75 Å². The van der Waals surface area contributed by atoms with Crippen LogP contribution in [0.15, 0.2) is 60.6 Å². The first kappa shape index (κ1) is 22.0. The molecule has 1 amide bonds. The highest BCUT2D eigenvalue weighted by Gasteiger charge is 2.31. The third-order valence-corrected chi connectivity index (χ3v) is 5.63. The van der Waals surface area contributed by atoms with Crippen molar-refractivity contribution in [3.8, 4) is 5.75 Å². The highest BCUT2D eigenvalue weighted by Crippen LogP contribution is 2.34. The Bertz CT molecular complexity index is 1120. The zero-order valence-corrected chi connectivity index (χ0v) is 17.3. The van der Waals surface area contributed by atoms with Gasteiger partial charge in [-0.1, -0.05) is 36.4 Å².